The number of tetrazole rings is 1. The first-order valence-electron chi connectivity index (χ1n) is 8.84. The monoisotopic (exact) mass is 397 g/mol. The highest BCUT2D eigenvalue weighted by Crippen LogP contribution is 2.18. The lowest BCUT2D eigenvalue weighted by atomic mass is 10.2. The van der Waals surface area contributed by atoms with Crippen LogP contribution in [0.3, 0.4) is 0 Å². The Morgan fingerprint density at radius 2 is 2.00 bits per heavy atom. The van der Waals surface area contributed by atoms with Crippen molar-refractivity contribution in [3.63, 3.8) is 0 Å². The Balaban J connectivity index is 1.57. The molecular weight excluding hydrogens is 374 g/mol. The van der Waals surface area contributed by atoms with E-state index in [0.29, 0.717) is 17.4 Å². The summed E-state index contributed by atoms with van der Waals surface area (Å²) in [6.07, 6.45) is 1.91. The van der Waals surface area contributed by atoms with Crippen molar-refractivity contribution in [3.8, 4) is 5.69 Å². The number of aromatic nitrogens is 4. The molecule has 0 bridgehead atoms. The number of amides is 2. The Morgan fingerprint density at radius 3 is 2.75 bits per heavy atom. The molecule has 9 heteroatoms. The average molecular weight is 398 g/mol. The number of para-hydroxylation sites is 1. The van der Waals surface area contributed by atoms with Crippen molar-refractivity contribution in [2.24, 2.45) is 0 Å². The number of benzene rings is 2. The van der Waals surface area contributed by atoms with E-state index in [0.717, 1.165) is 11.4 Å². The summed E-state index contributed by atoms with van der Waals surface area (Å²) in [7, 11) is 2.01. The Hall–Kier alpha value is -3.07. The molecule has 146 valence electrons. The van der Waals surface area contributed by atoms with Gasteiger partial charge in [-0.25, -0.2) is 4.79 Å². The summed E-state index contributed by atoms with van der Waals surface area (Å²) >= 11 is 1.45. The summed E-state index contributed by atoms with van der Waals surface area (Å²) in [4.78, 5) is 14.4. The Labute approximate surface area is 168 Å². The minimum Gasteiger partial charge on any atom is -0.370 e. The maximum absolute atomic E-state index is 12.3. The van der Waals surface area contributed by atoms with E-state index < -0.39 is 0 Å². The Morgan fingerprint density at radius 1 is 1.21 bits per heavy atom. The van der Waals surface area contributed by atoms with Gasteiger partial charge in [-0.05, 0) is 53.9 Å². The number of nitrogens with one attached hydrogen (secondary N) is 2. The summed E-state index contributed by atoms with van der Waals surface area (Å²) in [6, 6.07) is 17.3. The molecule has 3 aromatic rings. The van der Waals surface area contributed by atoms with Crippen LogP contribution in [0.25, 0.3) is 5.69 Å². The lowest BCUT2D eigenvalue weighted by Crippen LogP contribution is -2.41. The maximum atomic E-state index is 12.3. The van der Waals surface area contributed by atoms with Gasteiger partial charge in [0, 0.05) is 31.0 Å². The molecule has 1 atom stereocenters. The van der Waals surface area contributed by atoms with E-state index in [1.54, 1.807) is 4.68 Å². The van der Waals surface area contributed by atoms with Gasteiger partial charge in [0.25, 0.3) is 0 Å². The zero-order valence-corrected chi connectivity index (χ0v) is 16.8. The molecule has 3 rings (SSSR count). The van der Waals surface area contributed by atoms with E-state index in [9.17, 15) is 4.79 Å². The highest BCUT2D eigenvalue weighted by atomic mass is 32.2. The van der Waals surface area contributed by atoms with Crippen LogP contribution in [0.2, 0.25) is 0 Å². The van der Waals surface area contributed by atoms with Crippen molar-refractivity contribution >= 4 is 29.2 Å². The van der Waals surface area contributed by atoms with E-state index in [1.165, 1.54) is 11.8 Å². The summed E-state index contributed by atoms with van der Waals surface area (Å²) < 4.78 is 1.63. The number of carbonyl (C=O) groups excluding carboxylic acids is 1. The van der Waals surface area contributed by atoms with Crippen molar-refractivity contribution in [1.29, 1.82) is 0 Å². The van der Waals surface area contributed by atoms with Crippen molar-refractivity contribution < 1.29 is 4.79 Å². The van der Waals surface area contributed by atoms with Crippen LogP contribution in [0.15, 0.2) is 59.8 Å². The van der Waals surface area contributed by atoms with Crippen molar-refractivity contribution in [2.75, 3.05) is 30.1 Å². The molecular formula is C19H23N7OS. The second kappa shape index (κ2) is 9.23. The van der Waals surface area contributed by atoms with E-state index in [-0.39, 0.29) is 12.1 Å². The highest BCUT2D eigenvalue weighted by Gasteiger charge is 2.12. The molecule has 0 aliphatic carbocycles. The second-order valence-electron chi connectivity index (χ2n) is 6.26. The van der Waals surface area contributed by atoms with Crippen LogP contribution in [-0.4, -0.2) is 52.1 Å². The van der Waals surface area contributed by atoms with Crippen molar-refractivity contribution in [1.82, 2.24) is 25.5 Å². The zero-order chi connectivity index (χ0) is 19.9. The van der Waals surface area contributed by atoms with Crippen LogP contribution < -0.4 is 15.5 Å². The van der Waals surface area contributed by atoms with Gasteiger partial charge < -0.3 is 15.5 Å². The highest BCUT2D eigenvalue weighted by molar-refractivity contribution is 7.98. The molecule has 0 aliphatic rings. The molecule has 0 spiro atoms. The molecule has 2 aromatic carbocycles. The first-order valence-corrected chi connectivity index (χ1v) is 10.1. The number of anilines is 2. The minimum atomic E-state index is -0.257. The van der Waals surface area contributed by atoms with Gasteiger partial charge >= 0.3 is 6.03 Å². The smallest absolute Gasteiger partial charge is 0.319 e. The van der Waals surface area contributed by atoms with Gasteiger partial charge in [0.2, 0.25) is 5.16 Å². The summed E-state index contributed by atoms with van der Waals surface area (Å²) in [5.41, 5.74) is 2.56. The zero-order valence-electron chi connectivity index (χ0n) is 16.0. The number of nitrogens with zero attached hydrogens (tertiary/aromatic N) is 5. The van der Waals surface area contributed by atoms with Gasteiger partial charge in [-0.3, -0.25) is 0 Å². The topological polar surface area (TPSA) is 88.0 Å². The molecule has 2 N–H and O–H groups in total. The molecule has 2 amide bonds. The SMILES string of the molecule is CSc1nnnn1-c1cccc(NC(=O)NC[C@H](C)N(C)c2ccccc2)c1. The van der Waals surface area contributed by atoms with Gasteiger partial charge in [-0.15, -0.1) is 5.10 Å². The number of hydrogen-bond donors (Lipinski definition) is 2. The summed E-state index contributed by atoms with van der Waals surface area (Å²) in [5, 5.41) is 18.1. The predicted octanol–water partition coefficient (Wildman–Crippen LogP) is 3.03. The van der Waals surface area contributed by atoms with Crippen LogP contribution in [0, 0.1) is 0 Å². The molecule has 1 heterocycles. The largest absolute Gasteiger partial charge is 0.370 e. The van der Waals surface area contributed by atoms with E-state index in [2.05, 4.69) is 38.0 Å². The predicted molar refractivity (Wildman–Crippen MR) is 112 cm³/mol. The average Bonchev–Trinajstić information content (AvgIpc) is 3.21. The molecule has 0 fully saturated rings. The standard InChI is InChI=1S/C19H23N7OS/c1-14(25(2)16-9-5-4-6-10-16)13-20-18(27)21-15-8-7-11-17(12-15)26-19(28-3)22-23-24-26/h4-12,14H,13H2,1-3H3,(H2,20,21,27)/t14-/m0/s1. The van der Waals surface area contributed by atoms with Crippen LogP contribution >= 0.6 is 11.8 Å². The Kier molecular flexibility index (Phi) is 6.49. The summed E-state index contributed by atoms with van der Waals surface area (Å²) in [5.74, 6) is 0. The van der Waals surface area contributed by atoms with Gasteiger partial charge in [-0.2, -0.15) is 4.68 Å². The van der Waals surface area contributed by atoms with Crippen LogP contribution in [0.5, 0.6) is 0 Å². The molecule has 0 aliphatic heterocycles. The van der Waals surface area contributed by atoms with Crippen LogP contribution in [-0.2, 0) is 0 Å². The fourth-order valence-corrected chi connectivity index (χ4v) is 3.09. The molecule has 28 heavy (non-hydrogen) atoms. The third kappa shape index (κ3) is 4.80. The number of rotatable bonds is 7. The maximum Gasteiger partial charge on any atom is 0.319 e. The Bertz CT molecular complexity index is 915. The lowest BCUT2D eigenvalue weighted by molar-refractivity contribution is 0.251. The first-order chi connectivity index (χ1) is 13.6. The molecule has 0 unspecified atom stereocenters. The van der Waals surface area contributed by atoms with Gasteiger partial charge in [-0.1, -0.05) is 36.0 Å². The first kappa shape index (κ1) is 19.7. The van der Waals surface area contributed by atoms with Gasteiger partial charge in [0.15, 0.2) is 0 Å². The van der Waals surface area contributed by atoms with E-state index >= 15 is 0 Å². The molecule has 0 saturated carbocycles. The fraction of sp³-hybridized carbons (Fsp3) is 0.263. The van der Waals surface area contributed by atoms with Crippen molar-refractivity contribution in [3.05, 3.63) is 54.6 Å². The van der Waals surface area contributed by atoms with E-state index in [4.69, 9.17) is 0 Å². The third-order valence-corrected chi connectivity index (χ3v) is 4.97. The van der Waals surface area contributed by atoms with Crippen LogP contribution in [0.4, 0.5) is 16.2 Å². The molecule has 1 aromatic heterocycles. The lowest BCUT2D eigenvalue weighted by Gasteiger charge is -2.27. The quantitative estimate of drug-likeness (QED) is 0.596. The molecule has 0 saturated heterocycles. The fourth-order valence-electron chi connectivity index (χ4n) is 2.65. The number of thioether (sulfide) groups is 1. The molecule has 8 nitrogen and oxygen atoms in total. The van der Waals surface area contributed by atoms with E-state index in [1.807, 2.05) is 67.9 Å². The summed E-state index contributed by atoms with van der Waals surface area (Å²) in [6.45, 7) is 2.58. The normalized spacial score (nSPS) is 11.7. The number of urea groups is 1. The number of hydrogen-bond acceptors (Lipinski definition) is 6. The van der Waals surface area contributed by atoms with Crippen LogP contribution in [0.1, 0.15) is 6.92 Å². The number of carbonyl (C=O) groups is 1. The molecule has 0 radical (unpaired) electrons. The number of likely N-dealkylation sites (N-methyl/N-ethyl adjacent to an activating group) is 1. The second-order valence-corrected chi connectivity index (χ2v) is 7.03. The van der Waals surface area contributed by atoms with Crippen molar-refractivity contribution in [2.45, 2.75) is 18.1 Å². The van der Waals surface area contributed by atoms with Gasteiger partial charge in [0.1, 0.15) is 0 Å². The minimum absolute atomic E-state index is 0.143. The third-order valence-electron chi connectivity index (χ3n) is 4.35. The van der Waals surface area contributed by atoms with Gasteiger partial charge in [0.05, 0.1) is 5.69 Å².